The van der Waals surface area contributed by atoms with Gasteiger partial charge in [0.25, 0.3) is 0 Å². The lowest BCUT2D eigenvalue weighted by molar-refractivity contribution is -0.143. The molecule has 0 spiro atoms. The fraction of sp³-hybridized carbons (Fsp3) is 0.529. The first kappa shape index (κ1) is 14.1. The number of hydrogen-bond acceptors (Lipinski definition) is 2. The number of aryl methyl sites for hydroxylation is 2. The van der Waals surface area contributed by atoms with E-state index < -0.39 is 5.97 Å². The molecule has 0 aliphatic carbocycles. The van der Waals surface area contributed by atoms with Gasteiger partial charge in [0, 0.05) is 12.1 Å². The van der Waals surface area contributed by atoms with Crippen molar-refractivity contribution in [2.75, 3.05) is 0 Å². The SMILES string of the molecule is Cc1ccc(CC(=O)N2C3CCC2C(C(=O)O)C3)cc1C. The van der Waals surface area contributed by atoms with Gasteiger partial charge in [0.1, 0.15) is 0 Å². The van der Waals surface area contributed by atoms with Crippen LogP contribution in [0.25, 0.3) is 0 Å². The molecule has 1 N–H and O–H groups in total. The Kier molecular flexibility index (Phi) is 3.47. The number of carbonyl (C=O) groups is 2. The first-order chi connectivity index (χ1) is 9.97. The van der Waals surface area contributed by atoms with Gasteiger partial charge in [-0.1, -0.05) is 18.2 Å². The molecule has 2 aliphatic heterocycles. The summed E-state index contributed by atoms with van der Waals surface area (Å²) in [4.78, 5) is 25.7. The van der Waals surface area contributed by atoms with E-state index >= 15 is 0 Å². The first-order valence-corrected chi connectivity index (χ1v) is 7.57. The molecule has 3 atom stereocenters. The molecule has 4 nitrogen and oxygen atoms in total. The normalized spacial score (nSPS) is 27.1. The predicted molar refractivity (Wildman–Crippen MR) is 79.0 cm³/mol. The van der Waals surface area contributed by atoms with Crippen LogP contribution in [-0.4, -0.2) is 34.0 Å². The van der Waals surface area contributed by atoms with Gasteiger partial charge in [-0.25, -0.2) is 0 Å². The number of hydrogen-bond donors (Lipinski definition) is 1. The van der Waals surface area contributed by atoms with Gasteiger partial charge in [0.05, 0.1) is 12.3 Å². The molecule has 3 rings (SSSR count). The number of benzene rings is 1. The molecule has 2 heterocycles. The summed E-state index contributed by atoms with van der Waals surface area (Å²) in [5.41, 5.74) is 3.42. The summed E-state index contributed by atoms with van der Waals surface area (Å²) in [6, 6.07) is 6.13. The van der Waals surface area contributed by atoms with Crippen LogP contribution < -0.4 is 0 Å². The van der Waals surface area contributed by atoms with Crippen molar-refractivity contribution in [3.8, 4) is 0 Å². The third-order valence-corrected chi connectivity index (χ3v) is 5.07. The Hall–Kier alpha value is -1.84. The molecule has 2 fully saturated rings. The minimum Gasteiger partial charge on any atom is -0.481 e. The molecule has 1 aromatic carbocycles. The number of aliphatic carboxylic acids is 1. The second kappa shape index (κ2) is 5.17. The lowest BCUT2D eigenvalue weighted by Gasteiger charge is -2.23. The molecule has 21 heavy (non-hydrogen) atoms. The Balaban J connectivity index is 1.74. The molecular weight excluding hydrogens is 266 g/mol. The van der Waals surface area contributed by atoms with Crippen LogP contribution >= 0.6 is 0 Å². The van der Waals surface area contributed by atoms with Gasteiger partial charge in [0.2, 0.25) is 5.91 Å². The second-order valence-corrected chi connectivity index (χ2v) is 6.38. The number of carbonyl (C=O) groups excluding carboxylic acids is 1. The van der Waals surface area contributed by atoms with E-state index in [-0.39, 0.29) is 23.9 Å². The van der Waals surface area contributed by atoms with Crippen molar-refractivity contribution in [2.24, 2.45) is 5.92 Å². The molecule has 2 aliphatic rings. The summed E-state index contributed by atoms with van der Waals surface area (Å²) in [7, 11) is 0. The van der Waals surface area contributed by atoms with E-state index in [0.717, 1.165) is 18.4 Å². The maximum absolute atomic E-state index is 12.6. The summed E-state index contributed by atoms with van der Waals surface area (Å²) < 4.78 is 0. The molecule has 2 saturated heterocycles. The van der Waals surface area contributed by atoms with Crippen LogP contribution in [0.3, 0.4) is 0 Å². The van der Waals surface area contributed by atoms with Gasteiger partial charge < -0.3 is 10.0 Å². The number of carboxylic acid groups (broad SMARTS) is 1. The maximum Gasteiger partial charge on any atom is 0.308 e. The average Bonchev–Trinajstić information content (AvgIpc) is 3.00. The van der Waals surface area contributed by atoms with Crippen molar-refractivity contribution >= 4 is 11.9 Å². The smallest absolute Gasteiger partial charge is 0.308 e. The highest BCUT2D eigenvalue weighted by Gasteiger charge is 2.50. The van der Waals surface area contributed by atoms with Gasteiger partial charge >= 0.3 is 5.97 Å². The summed E-state index contributed by atoms with van der Waals surface area (Å²) in [6.07, 6.45) is 2.78. The van der Waals surface area contributed by atoms with Gasteiger partial charge in [-0.15, -0.1) is 0 Å². The van der Waals surface area contributed by atoms with Crippen molar-refractivity contribution < 1.29 is 14.7 Å². The summed E-state index contributed by atoms with van der Waals surface area (Å²) in [5.74, 6) is -1.05. The van der Waals surface area contributed by atoms with E-state index in [1.807, 2.05) is 24.0 Å². The molecule has 0 radical (unpaired) electrons. The minimum absolute atomic E-state index is 0.0782. The zero-order valence-electron chi connectivity index (χ0n) is 12.5. The molecule has 1 aromatic rings. The molecule has 1 amide bonds. The molecule has 3 unspecified atom stereocenters. The summed E-state index contributed by atoms with van der Waals surface area (Å²) in [5, 5.41) is 9.25. The van der Waals surface area contributed by atoms with Crippen LogP contribution in [-0.2, 0) is 16.0 Å². The highest BCUT2D eigenvalue weighted by Crippen LogP contribution is 2.42. The molecule has 0 saturated carbocycles. The molecular formula is C17H21NO3. The number of amides is 1. The standard InChI is InChI=1S/C17H21NO3/c1-10-3-4-12(7-11(10)2)8-16(19)18-13-5-6-15(18)14(9-13)17(20)21/h3-4,7,13-15H,5-6,8-9H2,1-2H3,(H,20,21). The second-order valence-electron chi connectivity index (χ2n) is 6.38. The lowest BCUT2D eigenvalue weighted by Crippen LogP contribution is -2.38. The molecule has 4 heteroatoms. The molecule has 0 aromatic heterocycles. The fourth-order valence-corrected chi connectivity index (χ4v) is 3.82. The minimum atomic E-state index is -0.758. The van der Waals surface area contributed by atoms with Crippen molar-refractivity contribution in [1.29, 1.82) is 0 Å². The van der Waals surface area contributed by atoms with Crippen LogP contribution in [0.15, 0.2) is 18.2 Å². The highest BCUT2D eigenvalue weighted by molar-refractivity contribution is 5.82. The average molecular weight is 287 g/mol. The van der Waals surface area contributed by atoms with Crippen molar-refractivity contribution in [3.63, 3.8) is 0 Å². The third-order valence-electron chi connectivity index (χ3n) is 5.07. The Labute approximate surface area is 124 Å². The van der Waals surface area contributed by atoms with Gasteiger partial charge in [-0.2, -0.15) is 0 Å². The number of carboxylic acids is 1. The van der Waals surface area contributed by atoms with Crippen LogP contribution in [0, 0.1) is 19.8 Å². The predicted octanol–water partition coefficient (Wildman–Crippen LogP) is 2.31. The number of rotatable bonds is 3. The van der Waals surface area contributed by atoms with E-state index in [9.17, 15) is 14.7 Å². The molecule has 2 bridgehead atoms. The Morgan fingerprint density at radius 2 is 2.00 bits per heavy atom. The van der Waals surface area contributed by atoms with E-state index in [0.29, 0.717) is 12.8 Å². The van der Waals surface area contributed by atoms with Gasteiger partial charge in [0.15, 0.2) is 0 Å². The number of fused-ring (bicyclic) bond motifs is 2. The van der Waals surface area contributed by atoms with Crippen LogP contribution in [0.4, 0.5) is 0 Å². The van der Waals surface area contributed by atoms with Gasteiger partial charge in [-0.3, -0.25) is 9.59 Å². The van der Waals surface area contributed by atoms with E-state index in [1.165, 1.54) is 11.1 Å². The van der Waals surface area contributed by atoms with Crippen molar-refractivity contribution in [2.45, 2.75) is 51.6 Å². The van der Waals surface area contributed by atoms with Crippen LogP contribution in [0.1, 0.15) is 36.0 Å². The zero-order valence-corrected chi connectivity index (χ0v) is 12.5. The van der Waals surface area contributed by atoms with E-state index in [1.54, 1.807) is 0 Å². The fourth-order valence-electron chi connectivity index (χ4n) is 3.82. The van der Waals surface area contributed by atoms with E-state index in [2.05, 4.69) is 13.0 Å². The van der Waals surface area contributed by atoms with Gasteiger partial charge in [-0.05, 0) is 49.8 Å². The Bertz CT molecular complexity index is 596. The van der Waals surface area contributed by atoms with Crippen LogP contribution in [0.5, 0.6) is 0 Å². The monoisotopic (exact) mass is 287 g/mol. The Morgan fingerprint density at radius 1 is 1.24 bits per heavy atom. The van der Waals surface area contributed by atoms with Crippen molar-refractivity contribution in [3.05, 3.63) is 34.9 Å². The zero-order chi connectivity index (χ0) is 15.1. The van der Waals surface area contributed by atoms with Crippen LogP contribution in [0.2, 0.25) is 0 Å². The quantitative estimate of drug-likeness (QED) is 0.928. The van der Waals surface area contributed by atoms with Crippen molar-refractivity contribution in [1.82, 2.24) is 4.90 Å². The maximum atomic E-state index is 12.6. The highest BCUT2D eigenvalue weighted by atomic mass is 16.4. The number of nitrogens with zero attached hydrogens (tertiary/aromatic N) is 1. The summed E-state index contributed by atoms with van der Waals surface area (Å²) in [6.45, 7) is 4.10. The largest absolute Gasteiger partial charge is 0.481 e. The Morgan fingerprint density at radius 3 is 2.62 bits per heavy atom. The lowest BCUT2D eigenvalue weighted by atomic mass is 9.89. The molecule has 112 valence electrons. The first-order valence-electron chi connectivity index (χ1n) is 7.57. The van der Waals surface area contributed by atoms with E-state index in [4.69, 9.17) is 0 Å². The topological polar surface area (TPSA) is 57.6 Å². The summed E-state index contributed by atoms with van der Waals surface area (Å²) >= 11 is 0. The third kappa shape index (κ3) is 2.43.